The Hall–Kier alpha value is -2.06. The lowest BCUT2D eigenvalue weighted by molar-refractivity contribution is -0.0493. The number of hydrogen-bond acceptors (Lipinski definition) is 5. The van der Waals surface area contributed by atoms with Crippen molar-refractivity contribution in [2.75, 3.05) is 32.8 Å². The van der Waals surface area contributed by atoms with Crippen LogP contribution in [0.15, 0.2) is 24.3 Å². The lowest BCUT2D eigenvalue weighted by Gasteiger charge is -2.31. The highest BCUT2D eigenvalue weighted by atomic mass is 32.1. The number of carbonyl (C=O) groups is 1. The second-order valence-electron chi connectivity index (χ2n) is 8.84. The summed E-state index contributed by atoms with van der Waals surface area (Å²) < 4.78 is 32.7. The molecular weight excluding hydrogens is 432 g/mol. The number of aryl methyl sites for hydroxylation is 1. The summed E-state index contributed by atoms with van der Waals surface area (Å²) in [5.74, 6) is -2.04. The van der Waals surface area contributed by atoms with Crippen LogP contribution in [0.5, 0.6) is 5.75 Å². The molecule has 32 heavy (non-hydrogen) atoms. The van der Waals surface area contributed by atoms with Crippen molar-refractivity contribution in [2.24, 2.45) is 0 Å². The number of amides is 1. The molecule has 2 saturated heterocycles. The molecule has 1 aromatic carbocycles. The molecule has 5 nitrogen and oxygen atoms in total. The summed E-state index contributed by atoms with van der Waals surface area (Å²) in [6, 6.07) is 8.44. The Balaban J connectivity index is 1.31. The number of likely N-dealkylation sites (tertiary alicyclic amines) is 2. The topological polar surface area (TPSA) is 45.7 Å². The molecular formula is C24H31F2N3O2S. The van der Waals surface area contributed by atoms with Crippen LogP contribution in [0.4, 0.5) is 8.78 Å². The van der Waals surface area contributed by atoms with Gasteiger partial charge in [-0.3, -0.25) is 4.79 Å². The first kappa shape index (κ1) is 23.1. The maximum Gasteiger partial charge on any atom is 0.265 e. The summed E-state index contributed by atoms with van der Waals surface area (Å²) in [5, 5.41) is 0.753. The van der Waals surface area contributed by atoms with Crippen LogP contribution in [0.2, 0.25) is 0 Å². The quantitative estimate of drug-likeness (QED) is 0.527. The molecule has 8 heteroatoms. The summed E-state index contributed by atoms with van der Waals surface area (Å²) >= 11 is 1.32. The van der Waals surface area contributed by atoms with Gasteiger partial charge in [0.05, 0.1) is 12.3 Å². The molecule has 2 aliphatic heterocycles. The Morgan fingerprint density at radius 1 is 1.22 bits per heavy atom. The van der Waals surface area contributed by atoms with Crippen molar-refractivity contribution in [1.29, 1.82) is 0 Å². The van der Waals surface area contributed by atoms with E-state index in [1.165, 1.54) is 35.6 Å². The maximum atomic E-state index is 13.4. The maximum absolute atomic E-state index is 13.4. The molecule has 4 rings (SSSR count). The first-order valence-electron chi connectivity index (χ1n) is 11.4. The van der Waals surface area contributed by atoms with E-state index in [2.05, 4.69) is 16.8 Å². The van der Waals surface area contributed by atoms with Crippen LogP contribution in [0.1, 0.15) is 54.4 Å². The zero-order chi connectivity index (χ0) is 22.7. The fraction of sp³-hybridized carbons (Fsp3) is 0.583. The number of hydrogen-bond donors (Lipinski definition) is 0. The molecule has 2 aliphatic rings. The molecule has 1 aromatic heterocycles. The zero-order valence-corrected chi connectivity index (χ0v) is 19.6. The van der Waals surface area contributed by atoms with E-state index in [4.69, 9.17) is 4.74 Å². The third-order valence-corrected chi connectivity index (χ3v) is 7.62. The summed E-state index contributed by atoms with van der Waals surface area (Å²) in [5.41, 5.74) is 1.56. The van der Waals surface area contributed by atoms with Gasteiger partial charge in [-0.2, -0.15) is 0 Å². The highest BCUT2D eigenvalue weighted by Crippen LogP contribution is 2.32. The average molecular weight is 464 g/mol. The molecule has 0 bridgehead atoms. The van der Waals surface area contributed by atoms with Crippen molar-refractivity contribution in [3.63, 3.8) is 0 Å². The summed E-state index contributed by atoms with van der Waals surface area (Å²) in [6.07, 6.45) is 3.04. The SMILES string of the molecule is Cc1nc(-c2ccc(OCCCN3CCCC3C)cc2)sc1C(=O)N1CCC(F)(F)CC1. The van der Waals surface area contributed by atoms with Crippen LogP contribution in [0.3, 0.4) is 0 Å². The summed E-state index contributed by atoms with van der Waals surface area (Å²) in [6.45, 7) is 7.21. The number of nitrogens with zero attached hydrogens (tertiary/aromatic N) is 3. The normalized spacial score (nSPS) is 21.1. The molecule has 0 radical (unpaired) electrons. The number of rotatable bonds is 7. The fourth-order valence-corrected chi connectivity index (χ4v) is 5.41. The summed E-state index contributed by atoms with van der Waals surface area (Å²) in [4.78, 5) is 21.9. The van der Waals surface area contributed by atoms with Gasteiger partial charge in [0, 0.05) is 44.1 Å². The van der Waals surface area contributed by atoms with E-state index in [0.29, 0.717) is 23.2 Å². The van der Waals surface area contributed by atoms with Gasteiger partial charge in [0.15, 0.2) is 0 Å². The van der Waals surface area contributed by atoms with E-state index < -0.39 is 5.92 Å². The number of alkyl halides is 2. The average Bonchev–Trinajstić information content (AvgIpc) is 3.36. The van der Waals surface area contributed by atoms with Crippen molar-refractivity contribution >= 4 is 17.2 Å². The van der Waals surface area contributed by atoms with Gasteiger partial charge < -0.3 is 14.5 Å². The van der Waals surface area contributed by atoms with Crippen LogP contribution >= 0.6 is 11.3 Å². The molecule has 0 saturated carbocycles. The minimum Gasteiger partial charge on any atom is -0.494 e. The highest BCUT2D eigenvalue weighted by molar-refractivity contribution is 7.17. The molecule has 174 valence electrons. The molecule has 1 amide bonds. The molecule has 3 heterocycles. The minimum absolute atomic E-state index is 0.0845. The number of piperidine rings is 1. The Kier molecular flexibility index (Phi) is 7.10. The van der Waals surface area contributed by atoms with E-state index in [0.717, 1.165) is 29.3 Å². The van der Waals surface area contributed by atoms with Gasteiger partial charge in [-0.15, -0.1) is 11.3 Å². The second kappa shape index (κ2) is 9.83. The number of benzene rings is 1. The van der Waals surface area contributed by atoms with Crippen molar-refractivity contribution < 1.29 is 18.3 Å². The van der Waals surface area contributed by atoms with E-state index in [1.807, 2.05) is 24.3 Å². The van der Waals surface area contributed by atoms with Gasteiger partial charge in [0.1, 0.15) is 15.6 Å². The Bertz CT molecular complexity index is 922. The minimum atomic E-state index is -2.67. The first-order chi connectivity index (χ1) is 15.3. The molecule has 0 aliphatic carbocycles. The van der Waals surface area contributed by atoms with Gasteiger partial charge in [-0.05, 0) is 63.9 Å². The van der Waals surface area contributed by atoms with Crippen molar-refractivity contribution in [1.82, 2.24) is 14.8 Å². The number of carbonyl (C=O) groups excluding carboxylic acids is 1. The van der Waals surface area contributed by atoms with Crippen LogP contribution < -0.4 is 4.74 Å². The van der Waals surface area contributed by atoms with Crippen molar-refractivity contribution in [3.8, 4) is 16.3 Å². The van der Waals surface area contributed by atoms with Crippen molar-refractivity contribution in [2.45, 2.75) is 57.9 Å². The van der Waals surface area contributed by atoms with Gasteiger partial charge in [-0.1, -0.05) is 0 Å². The Morgan fingerprint density at radius 3 is 2.59 bits per heavy atom. The largest absolute Gasteiger partial charge is 0.494 e. The smallest absolute Gasteiger partial charge is 0.265 e. The second-order valence-corrected chi connectivity index (χ2v) is 9.83. The fourth-order valence-electron chi connectivity index (χ4n) is 4.38. The zero-order valence-electron chi connectivity index (χ0n) is 18.8. The molecule has 0 N–H and O–H groups in total. The van der Waals surface area contributed by atoms with Crippen LogP contribution in [-0.2, 0) is 0 Å². The molecule has 1 atom stereocenters. The molecule has 1 unspecified atom stereocenters. The van der Waals surface area contributed by atoms with Crippen LogP contribution in [0, 0.1) is 6.92 Å². The predicted octanol–water partition coefficient (Wildman–Crippen LogP) is 5.24. The standard InChI is InChI=1S/C24H31F2N3O2S/c1-17-5-3-12-28(17)13-4-16-31-20-8-6-19(7-9-20)22-27-18(2)21(32-22)23(30)29-14-10-24(25,26)11-15-29/h6-9,17H,3-5,10-16H2,1-2H3. The lowest BCUT2D eigenvalue weighted by atomic mass is 10.1. The van der Waals surface area contributed by atoms with Crippen LogP contribution in [-0.4, -0.2) is 65.4 Å². The van der Waals surface area contributed by atoms with Gasteiger partial charge in [0.2, 0.25) is 0 Å². The summed E-state index contributed by atoms with van der Waals surface area (Å²) in [7, 11) is 0. The highest BCUT2D eigenvalue weighted by Gasteiger charge is 2.36. The van der Waals surface area contributed by atoms with Crippen molar-refractivity contribution in [3.05, 3.63) is 34.8 Å². The van der Waals surface area contributed by atoms with E-state index in [9.17, 15) is 13.6 Å². The number of ether oxygens (including phenoxy) is 1. The van der Waals surface area contributed by atoms with Gasteiger partial charge >= 0.3 is 0 Å². The van der Waals surface area contributed by atoms with Gasteiger partial charge in [-0.25, -0.2) is 13.8 Å². The third kappa shape index (κ3) is 5.46. The molecule has 0 spiro atoms. The number of thiazole rings is 1. The monoisotopic (exact) mass is 463 g/mol. The van der Waals surface area contributed by atoms with E-state index in [-0.39, 0.29) is 31.8 Å². The predicted molar refractivity (Wildman–Crippen MR) is 123 cm³/mol. The first-order valence-corrected chi connectivity index (χ1v) is 12.3. The Morgan fingerprint density at radius 2 is 1.94 bits per heavy atom. The Labute approximate surface area is 192 Å². The van der Waals surface area contributed by atoms with Gasteiger partial charge in [0.25, 0.3) is 11.8 Å². The molecule has 2 fully saturated rings. The molecule has 2 aromatic rings. The van der Waals surface area contributed by atoms with E-state index >= 15 is 0 Å². The number of halogens is 2. The lowest BCUT2D eigenvalue weighted by Crippen LogP contribution is -2.42. The van der Waals surface area contributed by atoms with E-state index in [1.54, 1.807) is 6.92 Å². The van der Waals surface area contributed by atoms with Crippen LogP contribution in [0.25, 0.3) is 10.6 Å². The number of aromatic nitrogens is 1. The third-order valence-electron chi connectivity index (χ3n) is 6.42.